The van der Waals surface area contributed by atoms with Crippen molar-refractivity contribution in [2.75, 3.05) is 7.11 Å². The first-order valence-electron chi connectivity index (χ1n) is 5.18. The van der Waals surface area contributed by atoms with Gasteiger partial charge in [-0.2, -0.15) is 4.68 Å². The number of hydrogen-bond acceptors (Lipinski definition) is 6. The highest BCUT2D eigenvalue weighted by Crippen LogP contribution is 2.29. The molecule has 0 atom stereocenters. The molecule has 0 radical (unpaired) electrons. The second-order valence-corrected chi connectivity index (χ2v) is 3.60. The number of fused-ring (bicyclic) bond motifs is 1. The molecule has 1 N–H and O–H groups in total. The van der Waals surface area contributed by atoms with Crippen molar-refractivity contribution in [1.29, 1.82) is 0 Å². The van der Waals surface area contributed by atoms with Gasteiger partial charge in [0, 0.05) is 17.6 Å². The summed E-state index contributed by atoms with van der Waals surface area (Å²) < 4.78 is 6.47. The van der Waals surface area contributed by atoms with Crippen LogP contribution in [0.4, 0.5) is 0 Å². The van der Waals surface area contributed by atoms with Crippen LogP contribution >= 0.6 is 0 Å². The van der Waals surface area contributed by atoms with Crippen LogP contribution in [-0.2, 0) is 0 Å². The van der Waals surface area contributed by atoms with Gasteiger partial charge in [-0.1, -0.05) is 5.21 Å². The maximum atomic E-state index is 9.71. The Morgan fingerprint density at radius 1 is 1.33 bits per heavy atom. The Labute approximate surface area is 102 Å². The number of phenols is 1. The fraction of sp³-hybridized carbons (Fsp3) is 0.0909. The molecule has 2 heterocycles. The van der Waals surface area contributed by atoms with Gasteiger partial charge in [0.05, 0.1) is 25.0 Å². The maximum absolute atomic E-state index is 9.71. The molecular formula is C11H9N5O2. The Morgan fingerprint density at radius 3 is 2.94 bits per heavy atom. The fourth-order valence-corrected chi connectivity index (χ4v) is 1.63. The number of aromatic hydroxyl groups is 1. The summed E-state index contributed by atoms with van der Waals surface area (Å²) in [4.78, 5) is 8.45. The third-order valence-corrected chi connectivity index (χ3v) is 2.50. The van der Waals surface area contributed by atoms with Crippen molar-refractivity contribution in [2.24, 2.45) is 0 Å². The summed E-state index contributed by atoms with van der Waals surface area (Å²) >= 11 is 0. The lowest BCUT2D eigenvalue weighted by atomic mass is 10.2. The largest absolute Gasteiger partial charge is 0.504 e. The Hall–Kier alpha value is -2.70. The van der Waals surface area contributed by atoms with Gasteiger partial charge < -0.3 is 9.84 Å². The van der Waals surface area contributed by atoms with Crippen LogP contribution in [0.25, 0.3) is 16.9 Å². The number of benzene rings is 1. The van der Waals surface area contributed by atoms with Gasteiger partial charge in [0.15, 0.2) is 11.5 Å². The second-order valence-electron chi connectivity index (χ2n) is 3.60. The Bertz CT molecular complexity index is 696. The monoisotopic (exact) mass is 243 g/mol. The molecule has 90 valence electrons. The molecule has 0 aliphatic rings. The van der Waals surface area contributed by atoms with E-state index in [1.807, 2.05) is 0 Å². The number of nitrogens with zero attached hydrogens (tertiary/aromatic N) is 5. The lowest BCUT2D eigenvalue weighted by Crippen LogP contribution is -2.01. The van der Waals surface area contributed by atoms with Crippen molar-refractivity contribution in [3.63, 3.8) is 0 Å². The number of hydrogen-bond donors (Lipinski definition) is 1. The van der Waals surface area contributed by atoms with Crippen molar-refractivity contribution in [3.8, 4) is 17.4 Å². The van der Waals surface area contributed by atoms with E-state index >= 15 is 0 Å². The first kappa shape index (κ1) is 10.5. The van der Waals surface area contributed by atoms with E-state index in [9.17, 15) is 5.11 Å². The fourth-order valence-electron chi connectivity index (χ4n) is 1.63. The van der Waals surface area contributed by atoms with E-state index < -0.39 is 0 Å². The van der Waals surface area contributed by atoms with Crippen molar-refractivity contribution in [1.82, 2.24) is 25.0 Å². The van der Waals surface area contributed by atoms with E-state index in [-0.39, 0.29) is 5.75 Å². The van der Waals surface area contributed by atoms with E-state index in [0.717, 1.165) is 5.39 Å². The minimum atomic E-state index is 0.0354. The minimum absolute atomic E-state index is 0.0354. The SMILES string of the molecule is COc1cc2cnc(-n3ccnn3)nc2cc1O. The summed E-state index contributed by atoms with van der Waals surface area (Å²) in [5, 5.41) is 18.0. The topological polar surface area (TPSA) is 86.0 Å². The molecule has 0 spiro atoms. The molecule has 0 bridgehead atoms. The van der Waals surface area contributed by atoms with Gasteiger partial charge in [0.1, 0.15) is 0 Å². The van der Waals surface area contributed by atoms with Crippen LogP contribution in [0.5, 0.6) is 11.5 Å². The van der Waals surface area contributed by atoms with Crippen LogP contribution in [-0.4, -0.2) is 37.2 Å². The molecule has 1 aromatic carbocycles. The number of aromatic nitrogens is 5. The summed E-state index contributed by atoms with van der Waals surface area (Å²) in [6.07, 6.45) is 4.82. The zero-order chi connectivity index (χ0) is 12.5. The van der Waals surface area contributed by atoms with Crippen LogP contribution in [0.3, 0.4) is 0 Å². The number of methoxy groups -OCH3 is 1. The summed E-state index contributed by atoms with van der Waals surface area (Å²) in [5.74, 6) is 0.817. The Morgan fingerprint density at radius 2 is 2.22 bits per heavy atom. The van der Waals surface area contributed by atoms with E-state index in [1.165, 1.54) is 17.9 Å². The minimum Gasteiger partial charge on any atom is -0.504 e. The third-order valence-electron chi connectivity index (χ3n) is 2.50. The maximum Gasteiger partial charge on any atom is 0.252 e. The highest BCUT2D eigenvalue weighted by molar-refractivity contribution is 5.82. The first-order chi connectivity index (χ1) is 8.78. The molecule has 3 rings (SSSR count). The average molecular weight is 243 g/mol. The Kier molecular flexibility index (Phi) is 2.30. The zero-order valence-corrected chi connectivity index (χ0v) is 9.48. The van der Waals surface area contributed by atoms with Gasteiger partial charge in [-0.3, -0.25) is 0 Å². The van der Waals surface area contributed by atoms with Crippen LogP contribution in [0, 0.1) is 0 Å². The van der Waals surface area contributed by atoms with Crippen LogP contribution < -0.4 is 4.74 Å². The van der Waals surface area contributed by atoms with Crippen molar-refractivity contribution in [2.45, 2.75) is 0 Å². The van der Waals surface area contributed by atoms with Crippen LogP contribution in [0.2, 0.25) is 0 Å². The summed E-state index contributed by atoms with van der Waals surface area (Å²) in [5.41, 5.74) is 0.605. The Balaban J connectivity index is 2.18. The van der Waals surface area contributed by atoms with Crippen molar-refractivity contribution in [3.05, 3.63) is 30.7 Å². The summed E-state index contributed by atoms with van der Waals surface area (Å²) in [6.45, 7) is 0. The van der Waals surface area contributed by atoms with Gasteiger partial charge in [-0.15, -0.1) is 5.10 Å². The van der Waals surface area contributed by atoms with E-state index in [1.54, 1.807) is 24.7 Å². The second kappa shape index (κ2) is 3.95. The van der Waals surface area contributed by atoms with Gasteiger partial charge in [0.25, 0.3) is 5.95 Å². The molecule has 2 aromatic heterocycles. The number of rotatable bonds is 2. The quantitative estimate of drug-likeness (QED) is 0.720. The lowest BCUT2D eigenvalue weighted by molar-refractivity contribution is 0.374. The average Bonchev–Trinajstić information content (AvgIpc) is 2.91. The summed E-state index contributed by atoms with van der Waals surface area (Å²) in [7, 11) is 1.49. The van der Waals surface area contributed by atoms with Crippen molar-refractivity contribution < 1.29 is 9.84 Å². The van der Waals surface area contributed by atoms with Gasteiger partial charge in [0.2, 0.25) is 0 Å². The highest BCUT2D eigenvalue weighted by Gasteiger charge is 2.07. The van der Waals surface area contributed by atoms with Gasteiger partial charge in [-0.05, 0) is 6.07 Å². The molecule has 3 aromatic rings. The normalized spacial score (nSPS) is 10.7. The number of phenolic OH excluding ortho intramolecular Hbond substituents is 1. The molecule has 0 saturated carbocycles. The zero-order valence-electron chi connectivity index (χ0n) is 9.48. The first-order valence-corrected chi connectivity index (χ1v) is 5.18. The molecule has 7 nitrogen and oxygen atoms in total. The van der Waals surface area contributed by atoms with Crippen molar-refractivity contribution >= 4 is 10.9 Å². The summed E-state index contributed by atoms with van der Waals surface area (Å²) in [6, 6.07) is 3.20. The molecule has 0 saturated heterocycles. The molecule has 0 unspecified atom stereocenters. The van der Waals surface area contributed by atoms with E-state index in [4.69, 9.17) is 4.74 Å². The smallest absolute Gasteiger partial charge is 0.252 e. The standard InChI is InChI=1S/C11H9N5O2/c1-18-10-4-7-6-12-11(16-3-2-13-15-16)14-8(7)5-9(10)17/h2-6,17H,1H3. The number of ether oxygens (including phenoxy) is 1. The lowest BCUT2D eigenvalue weighted by Gasteiger charge is -2.05. The predicted molar refractivity (Wildman–Crippen MR) is 62.7 cm³/mol. The predicted octanol–water partition coefficient (Wildman–Crippen LogP) is 0.925. The molecule has 0 amide bonds. The molecule has 7 heteroatoms. The van der Waals surface area contributed by atoms with E-state index in [0.29, 0.717) is 17.2 Å². The van der Waals surface area contributed by atoms with E-state index in [2.05, 4.69) is 20.3 Å². The molecule has 0 aliphatic carbocycles. The third kappa shape index (κ3) is 1.61. The molecule has 0 fully saturated rings. The molecule has 0 aliphatic heterocycles. The molecule has 18 heavy (non-hydrogen) atoms. The molecular weight excluding hydrogens is 234 g/mol. The van der Waals surface area contributed by atoms with Gasteiger partial charge >= 0.3 is 0 Å². The van der Waals surface area contributed by atoms with Crippen LogP contribution in [0.15, 0.2) is 30.7 Å². The highest BCUT2D eigenvalue weighted by atomic mass is 16.5. The van der Waals surface area contributed by atoms with Crippen LogP contribution in [0.1, 0.15) is 0 Å². The van der Waals surface area contributed by atoms with Gasteiger partial charge in [-0.25, -0.2) is 9.97 Å².